The lowest BCUT2D eigenvalue weighted by Gasteiger charge is -2.25. The molecule has 0 saturated carbocycles. The summed E-state index contributed by atoms with van der Waals surface area (Å²) in [5.74, 6) is -0.0943. The molecule has 1 saturated heterocycles. The molecular weight excluding hydrogens is 317 g/mol. The maximum absolute atomic E-state index is 13.9. The van der Waals surface area contributed by atoms with Gasteiger partial charge in [0.2, 0.25) is 5.91 Å². The lowest BCUT2D eigenvalue weighted by atomic mass is 10.1. The molecule has 1 aromatic carbocycles. The van der Waals surface area contributed by atoms with Gasteiger partial charge in [-0.3, -0.25) is 14.7 Å². The second-order valence-corrected chi connectivity index (χ2v) is 6.74. The number of hydrogen-bond acceptors (Lipinski definition) is 3. The van der Waals surface area contributed by atoms with Crippen LogP contribution in [0.1, 0.15) is 35.8 Å². The smallest absolute Gasteiger partial charge is 0.236 e. The summed E-state index contributed by atoms with van der Waals surface area (Å²) in [6, 6.07) is 12.9. The van der Waals surface area contributed by atoms with Crippen LogP contribution in [0.4, 0.5) is 4.39 Å². The van der Waals surface area contributed by atoms with Crippen LogP contribution in [0.2, 0.25) is 0 Å². The summed E-state index contributed by atoms with van der Waals surface area (Å²) >= 11 is 0. The van der Waals surface area contributed by atoms with Gasteiger partial charge in [0.15, 0.2) is 0 Å². The monoisotopic (exact) mass is 341 g/mol. The van der Waals surface area contributed by atoms with Crippen molar-refractivity contribution >= 4 is 5.91 Å². The van der Waals surface area contributed by atoms with Crippen molar-refractivity contribution in [3.63, 3.8) is 0 Å². The largest absolute Gasteiger partial charge is 0.348 e. The van der Waals surface area contributed by atoms with E-state index in [-0.39, 0.29) is 17.8 Å². The molecule has 0 N–H and O–H groups in total. The minimum absolute atomic E-state index is 0.106. The third kappa shape index (κ3) is 4.23. The molecule has 2 aromatic rings. The Hall–Kier alpha value is -2.27. The highest BCUT2D eigenvalue weighted by Gasteiger charge is 2.29. The van der Waals surface area contributed by atoms with Crippen LogP contribution in [0.3, 0.4) is 0 Å². The summed E-state index contributed by atoms with van der Waals surface area (Å²) < 4.78 is 13.9. The number of aromatic nitrogens is 1. The second kappa shape index (κ2) is 7.74. The van der Waals surface area contributed by atoms with Crippen LogP contribution in [0.15, 0.2) is 42.5 Å². The Kier molecular flexibility index (Phi) is 5.43. The summed E-state index contributed by atoms with van der Waals surface area (Å²) in [5, 5.41) is 0. The van der Waals surface area contributed by atoms with Crippen LogP contribution in [0.25, 0.3) is 0 Å². The van der Waals surface area contributed by atoms with E-state index in [1.165, 1.54) is 6.07 Å². The highest BCUT2D eigenvalue weighted by Crippen LogP contribution is 2.30. The van der Waals surface area contributed by atoms with E-state index >= 15 is 0 Å². The molecular formula is C20H24FN3O. The predicted molar refractivity (Wildman–Crippen MR) is 95.7 cm³/mol. The maximum atomic E-state index is 13.9. The fourth-order valence-corrected chi connectivity index (χ4v) is 3.28. The van der Waals surface area contributed by atoms with Crippen LogP contribution in [-0.2, 0) is 11.2 Å². The Balaban J connectivity index is 1.76. The molecule has 1 aromatic heterocycles. The van der Waals surface area contributed by atoms with Crippen LogP contribution in [0, 0.1) is 5.82 Å². The normalized spacial score (nSPS) is 17.6. The number of hydrogen-bond donors (Lipinski definition) is 0. The molecule has 1 atom stereocenters. The average molecular weight is 341 g/mol. The van der Waals surface area contributed by atoms with E-state index in [4.69, 9.17) is 4.98 Å². The van der Waals surface area contributed by atoms with E-state index in [9.17, 15) is 9.18 Å². The number of amides is 1. The molecule has 1 fully saturated rings. The number of carbonyl (C=O) groups is 1. The fraction of sp³-hybridized carbons (Fsp3) is 0.400. The molecule has 132 valence electrons. The van der Waals surface area contributed by atoms with Gasteiger partial charge < -0.3 is 4.90 Å². The van der Waals surface area contributed by atoms with Gasteiger partial charge in [-0.1, -0.05) is 24.3 Å². The first-order valence-electron chi connectivity index (χ1n) is 8.68. The Morgan fingerprint density at radius 2 is 2.04 bits per heavy atom. The minimum atomic E-state index is -0.200. The van der Waals surface area contributed by atoms with E-state index in [2.05, 4.69) is 4.90 Å². The van der Waals surface area contributed by atoms with Gasteiger partial charge in [-0.15, -0.1) is 0 Å². The second-order valence-electron chi connectivity index (χ2n) is 6.74. The van der Waals surface area contributed by atoms with Crippen molar-refractivity contribution in [3.05, 3.63) is 65.2 Å². The number of likely N-dealkylation sites (N-methyl/N-ethyl adjacent to an activating group) is 1. The lowest BCUT2D eigenvalue weighted by molar-refractivity contribution is -0.130. The minimum Gasteiger partial charge on any atom is -0.348 e. The SMILES string of the molecule is CN(C)C(=O)CN1CCC[C@H]1c1cccc(Cc2ccccc2F)n1. The molecule has 4 nitrogen and oxygen atoms in total. The summed E-state index contributed by atoms with van der Waals surface area (Å²) in [6.07, 6.45) is 2.53. The van der Waals surface area contributed by atoms with Crippen LogP contribution in [-0.4, -0.2) is 47.9 Å². The molecule has 0 spiro atoms. The number of rotatable bonds is 5. The quantitative estimate of drug-likeness (QED) is 0.839. The van der Waals surface area contributed by atoms with Crippen molar-refractivity contribution < 1.29 is 9.18 Å². The molecule has 3 rings (SSSR count). The lowest BCUT2D eigenvalue weighted by Crippen LogP contribution is -2.36. The molecule has 1 aliphatic rings. The number of likely N-dealkylation sites (tertiary alicyclic amines) is 1. The summed E-state index contributed by atoms with van der Waals surface area (Å²) in [5.41, 5.74) is 2.48. The van der Waals surface area contributed by atoms with Crippen molar-refractivity contribution in [1.29, 1.82) is 0 Å². The molecule has 0 radical (unpaired) electrons. The number of nitrogens with zero attached hydrogens (tertiary/aromatic N) is 3. The van der Waals surface area contributed by atoms with E-state index in [0.717, 1.165) is 30.8 Å². The van der Waals surface area contributed by atoms with Gasteiger partial charge >= 0.3 is 0 Å². The maximum Gasteiger partial charge on any atom is 0.236 e. The third-order valence-corrected chi connectivity index (χ3v) is 4.70. The first-order chi connectivity index (χ1) is 12.0. The summed E-state index contributed by atoms with van der Waals surface area (Å²) in [7, 11) is 3.56. The van der Waals surface area contributed by atoms with Gasteiger partial charge in [0.25, 0.3) is 0 Å². The number of halogens is 1. The molecule has 1 aliphatic heterocycles. The van der Waals surface area contributed by atoms with Gasteiger partial charge in [0, 0.05) is 26.2 Å². The molecule has 0 aliphatic carbocycles. The predicted octanol–water partition coefficient (Wildman–Crippen LogP) is 3.04. The Morgan fingerprint density at radius 3 is 2.80 bits per heavy atom. The first-order valence-corrected chi connectivity index (χ1v) is 8.68. The summed E-state index contributed by atoms with van der Waals surface area (Å²) in [4.78, 5) is 20.6. The number of benzene rings is 1. The average Bonchev–Trinajstić information content (AvgIpc) is 3.05. The Labute approximate surface area is 148 Å². The van der Waals surface area contributed by atoms with Crippen molar-refractivity contribution in [1.82, 2.24) is 14.8 Å². The zero-order valence-electron chi connectivity index (χ0n) is 14.8. The summed E-state index contributed by atoms with van der Waals surface area (Å²) in [6.45, 7) is 1.32. The van der Waals surface area contributed by atoms with Crippen LogP contribution >= 0.6 is 0 Å². The van der Waals surface area contributed by atoms with Crippen molar-refractivity contribution in [2.45, 2.75) is 25.3 Å². The molecule has 25 heavy (non-hydrogen) atoms. The van der Waals surface area contributed by atoms with Crippen molar-refractivity contribution in [2.75, 3.05) is 27.2 Å². The third-order valence-electron chi connectivity index (χ3n) is 4.70. The highest BCUT2D eigenvalue weighted by atomic mass is 19.1. The van der Waals surface area contributed by atoms with Gasteiger partial charge in [-0.25, -0.2) is 4.39 Å². The molecule has 5 heteroatoms. The van der Waals surface area contributed by atoms with E-state index in [1.807, 2.05) is 24.3 Å². The number of carbonyl (C=O) groups excluding carboxylic acids is 1. The molecule has 0 unspecified atom stereocenters. The van der Waals surface area contributed by atoms with Crippen LogP contribution in [0.5, 0.6) is 0 Å². The molecule has 0 bridgehead atoms. The zero-order chi connectivity index (χ0) is 17.8. The van der Waals surface area contributed by atoms with Crippen molar-refractivity contribution in [2.24, 2.45) is 0 Å². The molecule has 1 amide bonds. The van der Waals surface area contributed by atoms with E-state index in [0.29, 0.717) is 18.5 Å². The first kappa shape index (κ1) is 17.5. The van der Waals surface area contributed by atoms with E-state index < -0.39 is 0 Å². The van der Waals surface area contributed by atoms with Gasteiger partial charge in [0.1, 0.15) is 5.82 Å². The fourth-order valence-electron chi connectivity index (χ4n) is 3.28. The van der Waals surface area contributed by atoms with Crippen molar-refractivity contribution in [3.8, 4) is 0 Å². The standard InChI is InChI=1S/C20H24FN3O/c1-23(2)20(25)14-24-12-6-11-19(24)18-10-5-8-16(22-18)13-15-7-3-4-9-17(15)21/h3-5,7-10,19H,6,11-14H2,1-2H3/t19-/m0/s1. The zero-order valence-corrected chi connectivity index (χ0v) is 14.8. The van der Waals surface area contributed by atoms with Gasteiger partial charge in [-0.05, 0) is 43.1 Å². The topological polar surface area (TPSA) is 36.4 Å². The highest BCUT2D eigenvalue weighted by molar-refractivity contribution is 5.77. The number of pyridine rings is 1. The van der Waals surface area contributed by atoms with Gasteiger partial charge in [0.05, 0.1) is 18.3 Å². The Morgan fingerprint density at radius 1 is 1.24 bits per heavy atom. The van der Waals surface area contributed by atoms with E-state index in [1.54, 1.807) is 31.1 Å². The van der Waals surface area contributed by atoms with Crippen LogP contribution < -0.4 is 0 Å². The molecule has 2 heterocycles. The van der Waals surface area contributed by atoms with Gasteiger partial charge in [-0.2, -0.15) is 0 Å². The Bertz CT molecular complexity index is 747.